The van der Waals surface area contributed by atoms with Crippen LogP contribution < -0.4 is 14.9 Å². The molecular formula is C22H17BrCl2F3N3O2. The zero-order chi connectivity index (χ0) is 24.0. The Morgan fingerprint density at radius 3 is 2.48 bits per heavy atom. The lowest BCUT2D eigenvalue weighted by atomic mass is 10.2. The second kappa shape index (κ2) is 11.1. The van der Waals surface area contributed by atoms with Crippen LogP contribution in [0.15, 0.2) is 58.2 Å². The number of nitrogens with one attached hydrogen (secondary N) is 1. The minimum atomic E-state index is -4.45. The number of hydrogen-bond acceptors (Lipinski definition) is 5. The molecule has 2 aromatic carbocycles. The summed E-state index contributed by atoms with van der Waals surface area (Å²) < 4.78 is 50.1. The highest BCUT2D eigenvalue weighted by Crippen LogP contribution is 2.34. The average molecular weight is 563 g/mol. The molecule has 0 spiro atoms. The summed E-state index contributed by atoms with van der Waals surface area (Å²) in [6.45, 7) is 2.45. The molecule has 11 heteroatoms. The van der Waals surface area contributed by atoms with E-state index in [-0.39, 0.29) is 12.4 Å². The van der Waals surface area contributed by atoms with Crippen molar-refractivity contribution in [3.05, 3.63) is 79.9 Å². The molecule has 0 aliphatic heterocycles. The van der Waals surface area contributed by atoms with Crippen LogP contribution in [0.1, 0.15) is 23.6 Å². The van der Waals surface area contributed by atoms with Crippen molar-refractivity contribution in [1.82, 2.24) is 4.98 Å². The fraction of sp³-hybridized carbons (Fsp3) is 0.182. The fourth-order valence-electron chi connectivity index (χ4n) is 2.62. The number of ether oxygens (including phenoxy) is 2. The average Bonchev–Trinajstić information content (AvgIpc) is 2.75. The Bertz CT molecular complexity index is 1140. The summed E-state index contributed by atoms with van der Waals surface area (Å²) >= 11 is 15.6. The summed E-state index contributed by atoms with van der Waals surface area (Å²) in [6, 6.07) is 10.7. The van der Waals surface area contributed by atoms with E-state index in [2.05, 4.69) is 31.4 Å². The Morgan fingerprint density at radius 1 is 1.09 bits per heavy atom. The zero-order valence-electron chi connectivity index (χ0n) is 17.1. The monoisotopic (exact) mass is 561 g/mol. The third-order valence-corrected chi connectivity index (χ3v) is 5.51. The van der Waals surface area contributed by atoms with Gasteiger partial charge < -0.3 is 9.47 Å². The van der Waals surface area contributed by atoms with Gasteiger partial charge in [-0.1, -0.05) is 29.3 Å². The Balaban J connectivity index is 1.73. The van der Waals surface area contributed by atoms with Gasteiger partial charge in [0, 0.05) is 31.8 Å². The molecule has 0 aliphatic rings. The molecule has 0 atom stereocenters. The van der Waals surface area contributed by atoms with Crippen LogP contribution in [0.3, 0.4) is 0 Å². The fourth-order valence-corrected chi connectivity index (χ4v) is 3.51. The Labute approximate surface area is 206 Å². The molecule has 0 saturated carbocycles. The normalized spacial score (nSPS) is 11.6. The number of hydrogen-bond donors (Lipinski definition) is 1. The molecule has 0 bridgehead atoms. The van der Waals surface area contributed by atoms with Crippen molar-refractivity contribution >= 4 is 51.2 Å². The molecule has 0 amide bonds. The molecule has 0 aliphatic carbocycles. The molecule has 0 unspecified atom stereocenters. The molecular weight excluding hydrogens is 546 g/mol. The molecule has 174 valence electrons. The molecule has 3 rings (SSSR count). The SMILES string of the molecule is CCOc1cc(/C=N\Nc2ccc(C(F)(F)F)cn2)c(Br)cc1OCc1ccc(Cl)cc1Cl. The third kappa shape index (κ3) is 6.99. The first-order valence-electron chi connectivity index (χ1n) is 9.52. The Hall–Kier alpha value is -2.49. The standard InChI is InChI=1S/C22H17BrCl2F3N3O2/c1-2-32-19-7-14(10-30-31-21-6-4-15(11-29-21)22(26,27)28)17(23)9-20(19)33-12-13-3-5-16(24)8-18(13)25/h3-11H,2,12H2,1H3,(H,29,31)/b30-10-. The first-order chi connectivity index (χ1) is 15.7. The van der Waals surface area contributed by atoms with Crippen molar-refractivity contribution in [1.29, 1.82) is 0 Å². The number of halogens is 6. The van der Waals surface area contributed by atoms with Crippen molar-refractivity contribution in [2.45, 2.75) is 19.7 Å². The third-order valence-electron chi connectivity index (χ3n) is 4.23. The number of alkyl halides is 3. The summed E-state index contributed by atoms with van der Waals surface area (Å²) in [6.07, 6.45) is -2.23. The molecule has 1 aromatic heterocycles. The van der Waals surface area contributed by atoms with E-state index in [0.717, 1.165) is 17.8 Å². The van der Waals surface area contributed by atoms with Crippen LogP contribution in [0.2, 0.25) is 10.0 Å². The van der Waals surface area contributed by atoms with Crippen molar-refractivity contribution in [3.8, 4) is 11.5 Å². The van der Waals surface area contributed by atoms with E-state index >= 15 is 0 Å². The molecule has 3 aromatic rings. The van der Waals surface area contributed by atoms with E-state index in [1.807, 2.05) is 6.92 Å². The lowest BCUT2D eigenvalue weighted by molar-refractivity contribution is -0.137. The molecule has 0 saturated heterocycles. The minimum Gasteiger partial charge on any atom is -0.490 e. The summed E-state index contributed by atoms with van der Waals surface area (Å²) in [5, 5.41) is 5.06. The number of aromatic nitrogens is 1. The van der Waals surface area contributed by atoms with E-state index in [9.17, 15) is 13.2 Å². The number of benzene rings is 2. The van der Waals surface area contributed by atoms with Crippen LogP contribution in [0.5, 0.6) is 11.5 Å². The van der Waals surface area contributed by atoms with Crippen LogP contribution in [0.25, 0.3) is 0 Å². The van der Waals surface area contributed by atoms with Gasteiger partial charge in [-0.2, -0.15) is 18.3 Å². The van der Waals surface area contributed by atoms with Gasteiger partial charge in [0.15, 0.2) is 11.5 Å². The molecule has 5 nitrogen and oxygen atoms in total. The number of nitrogens with zero attached hydrogens (tertiary/aromatic N) is 2. The summed E-state index contributed by atoms with van der Waals surface area (Å²) in [5.41, 5.74) is 3.17. The maximum atomic E-state index is 12.6. The lowest BCUT2D eigenvalue weighted by Crippen LogP contribution is -2.05. The number of rotatable bonds is 8. The van der Waals surface area contributed by atoms with Gasteiger partial charge in [-0.25, -0.2) is 4.98 Å². The van der Waals surface area contributed by atoms with E-state index in [1.54, 1.807) is 30.3 Å². The molecule has 33 heavy (non-hydrogen) atoms. The first kappa shape index (κ1) is 25.1. The van der Waals surface area contributed by atoms with E-state index < -0.39 is 11.7 Å². The van der Waals surface area contributed by atoms with Gasteiger partial charge >= 0.3 is 6.18 Å². The topological polar surface area (TPSA) is 55.7 Å². The molecule has 0 radical (unpaired) electrons. The van der Waals surface area contributed by atoms with Gasteiger partial charge in [0.1, 0.15) is 12.4 Å². The van der Waals surface area contributed by atoms with Crippen molar-refractivity contribution in [2.24, 2.45) is 5.10 Å². The second-order valence-corrected chi connectivity index (χ2v) is 8.28. The van der Waals surface area contributed by atoms with Crippen LogP contribution in [-0.2, 0) is 12.8 Å². The smallest absolute Gasteiger partial charge is 0.417 e. The summed E-state index contributed by atoms with van der Waals surface area (Å²) in [5.74, 6) is 1.14. The van der Waals surface area contributed by atoms with Crippen molar-refractivity contribution in [2.75, 3.05) is 12.0 Å². The lowest BCUT2D eigenvalue weighted by Gasteiger charge is -2.14. The molecule has 1 N–H and O–H groups in total. The van der Waals surface area contributed by atoms with Crippen molar-refractivity contribution < 1.29 is 22.6 Å². The summed E-state index contributed by atoms with van der Waals surface area (Å²) in [4.78, 5) is 3.71. The van der Waals surface area contributed by atoms with Crippen molar-refractivity contribution in [3.63, 3.8) is 0 Å². The highest BCUT2D eigenvalue weighted by molar-refractivity contribution is 9.10. The van der Waals surface area contributed by atoms with Gasteiger partial charge in [-0.15, -0.1) is 0 Å². The van der Waals surface area contributed by atoms with E-state index in [0.29, 0.717) is 38.2 Å². The van der Waals surface area contributed by atoms with Crippen LogP contribution in [0.4, 0.5) is 19.0 Å². The predicted octanol–water partition coefficient (Wildman–Crippen LogP) is 7.59. The van der Waals surface area contributed by atoms with Gasteiger partial charge in [0.25, 0.3) is 0 Å². The predicted molar refractivity (Wildman–Crippen MR) is 127 cm³/mol. The number of hydrazone groups is 1. The molecule has 1 heterocycles. The Morgan fingerprint density at radius 2 is 1.85 bits per heavy atom. The van der Waals surface area contributed by atoms with Gasteiger partial charge in [0.05, 0.1) is 18.4 Å². The highest BCUT2D eigenvalue weighted by atomic mass is 79.9. The second-order valence-electron chi connectivity index (χ2n) is 6.58. The van der Waals surface area contributed by atoms with Crippen LogP contribution in [0, 0.1) is 0 Å². The van der Waals surface area contributed by atoms with Gasteiger partial charge in [-0.3, -0.25) is 5.43 Å². The van der Waals surface area contributed by atoms with E-state index in [1.165, 1.54) is 12.3 Å². The van der Waals surface area contributed by atoms with Crippen LogP contribution in [-0.4, -0.2) is 17.8 Å². The quantitative estimate of drug-likeness (QED) is 0.227. The van der Waals surface area contributed by atoms with Gasteiger partial charge in [-0.05, 0) is 59.3 Å². The number of pyridine rings is 1. The zero-order valence-corrected chi connectivity index (χ0v) is 20.2. The maximum Gasteiger partial charge on any atom is 0.417 e. The minimum absolute atomic E-state index is 0.167. The maximum absolute atomic E-state index is 12.6. The molecule has 0 fully saturated rings. The Kier molecular flexibility index (Phi) is 8.45. The summed E-state index contributed by atoms with van der Waals surface area (Å²) in [7, 11) is 0. The van der Waals surface area contributed by atoms with Crippen LogP contribution >= 0.6 is 39.1 Å². The largest absolute Gasteiger partial charge is 0.490 e. The highest BCUT2D eigenvalue weighted by Gasteiger charge is 2.30. The van der Waals surface area contributed by atoms with E-state index in [4.69, 9.17) is 32.7 Å². The first-order valence-corrected chi connectivity index (χ1v) is 11.1. The number of anilines is 1. The van der Waals surface area contributed by atoms with Gasteiger partial charge in [0.2, 0.25) is 0 Å².